The summed E-state index contributed by atoms with van der Waals surface area (Å²) < 4.78 is 12.8. The Bertz CT molecular complexity index is 891. The van der Waals surface area contributed by atoms with Gasteiger partial charge in [-0.2, -0.15) is 5.26 Å². The summed E-state index contributed by atoms with van der Waals surface area (Å²) in [4.78, 5) is 8.24. The highest BCUT2D eigenvalue weighted by Gasteiger charge is 2.36. The molecule has 0 saturated heterocycles. The lowest BCUT2D eigenvalue weighted by Crippen LogP contribution is -2.52. The molecule has 4 aliphatic rings. The molecule has 0 aliphatic heterocycles. The molecule has 1 aromatic heterocycles. The van der Waals surface area contributed by atoms with Gasteiger partial charge in [0.1, 0.15) is 0 Å². The molecular formula is C33H54N4O2S. The molecule has 40 heavy (non-hydrogen) atoms. The Balaban J connectivity index is 1.07. The van der Waals surface area contributed by atoms with Crippen LogP contribution in [0.3, 0.4) is 0 Å². The first-order valence-electron chi connectivity index (χ1n) is 16.6. The number of nitriles is 1. The highest BCUT2D eigenvalue weighted by atomic mass is 32.1. The van der Waals surface area contributed by atoms with Crippen LogP contribution >= 0.6 is 11.3 Å². The van der Waals surface area contributed by atoms with Crippen LogP contribution in [-0.2, 0) is 16.1 Å². The molecule has 5 unspecified atom stereocenters. The van der Waals surface area contributed by atoms with Crippen molar-refractivity contribution in [2.75, 3.05) is 19.7 Å². The van der Waals surface area contributed by atoms with Crippen molar-refractivity contribution in [3.05, 3.63) is 16.6 Å². The van der Waals surface area contributed by atoms with Gasteiger partial charge in [0.2, 0.25) is 0 Å². The van der Waals surface area contributed by atoms with E-state index >= 15 is 0 Å². The first-order valence-corrected chi connectivity index (χ1v) is 17.4. The van der Waals surface area contributed by atoms with Crippen molar-refractivity contribution in [1.29, 1.82) is 5.26 Å². The van der Waals surface area contributed by atoms with Crippen LogP contribution in [-0.4, -0.2) is 53.9 Å². The minimum Gasteiger partial charge on any atom is -0.376 e. The fourth-order valence-corrected chi connectivity index (χ4v) is 8.78. The summed E-state index contributed by atoms with van der Waals surface area (Å²) in [6, 6.07) is 3.49. The normalized spacial score (nSPS) is 37.3. The molecule has 7 heteroatoms. The third-order valence-electron chi connectivity index (χ3n) is 10.8. The fourth-order valence-electron chi connectivity index (χ4n) is 8.25. The largest absolute Gasteiger partial charge is 0.376 e. The molecule has 5 rings (SSSR count). The lowest BCUT2D eigenvalue weighted by Gasteiger charge is -2.45. The number of hydrogen-bond donors (Lipinski definition) is 1. The van der Waals surface area contributed by atoms with E-state index in [0.29, 0.717) is 42.7 Å². The smallest absolute Gasteiger partial charge is 0.0825 e. The maximum Gasteiger partial charge on any atom is 0.0825 e. The van der Waals surface area contributed by atoms with Gasteiger partial charge in [-0.15, -0.1) is 11.3 Å². The minimum absolute atomic E-state index is 0.290. The van der Waals surface area contributed by atoms with Crippen LogP contribution in [0, 0.1) is 40.9 Å². The van der Waals surface area contributed by atoms with Crippen molar-refractivity contribution in [1.82, 2.24) is 9.88 Å². The van der Waals surface area contributed by atoms with E-state index in [0.717, 1.165) is 37.7 Å². The summed E-state index contributed by atoms with van der Waals surface area (Å²) in [5.41, 5.74) is 8.46. The maximum absolute atomic E-state index is 9.36. The zero-order valence-electron chi connectivity index (χ0n) is 24.9. The Kier molecular flexibility index (Phi) is 11.7. The molecule has 4 aliphatic carbocycles. The Morgan fingerprint density at radius 2 is 1.65 bits per heavy atom. The molecule has 6 nitrogen and oxygen atoms in total. The van der Waals surface area contributed by atoms with Crippen molar-refractivity contribution in [3.63, 3.8) is 0 Å². The predicted octanol–water partition coefficient (Wildman–Crippen LogP) is 6.94. The molecule has 4 saturated carbocycles. The van der Waals surface area contributed by atoms with Crippen LogP contribution < -0.4 is 5.73 Å². The second-order valence-electron chi connectivity index (χ2n) is 13.7. The summed E-state index contributed by atoms with van der Waals surface area (Å²) >= 11 is 1.67. The summed E-state index contributed by atoms with van der Waals surface area (Å²) in [5, 5.41) is 9.36. The Morgan fingerprint density at radius 1 is 0.925 bits per heavy atom. The average Bonchev–Trinajstić information content (AvgIpc) is 3.49. The third-order valence-corrected chi connectivity index (χ3v) is 11.6. The minimum atomic E-state index is 0.290. The molecule has 0 aromatic carbocycles. The number of hydrogen-bond acceptors (Lipinski definition) is 7. The molecule has 1 aromatic rings. The predicted molar refractivity (Wildman–Crippen MR) is 162 cm³/mol. The first kappa shape index (κ1) is 30.4. The van der Waals surface area contributed by atoms with Gasteiger partial charge in [0, 0.05) is 43.9 Å². The van der Waals surface area contributed by atoms with Crippen molar-refractivity contribution < 1.29 is 9.47 Å². The molecular weight excluding hydrogens is 516 g/mol. The number of ether oxygens (including phenoxy) is 2. The monoisotopic (exact) mass is 570 g/mol. The van der Waals surface area contributed by atoms with Crippen LogP contribution in [0.15, 0.2) is 11.7 Å². The van der Waals surface area contributed by atoms with Crippen molar-refractivity contribution in [2.45, 2.75) is 134 Å². The van der Waals surface area contributed by atoms with E-state index in [1.165, 1.54) is 95.0 Å². The molecule has 2 N–H and O–H groups in total. The number of thiazole rings is 1. The van der Waals surface area contributed by atoms with E-state index in [4.69, 9.17) is 15.2 Å². The van der Waals surface area contributed by atoms with E-state index in [-0.39, 0.29) is 5.92 Å². The second-order valence-corrected chi connectivity index (χ2v) is 14.7. The van der Waals surface area contributed by atoms with Gasteiger partial charge in [-0.1, -0.05) is 19.8 Å². The van der Waals surface area contributed by atoms with Crippen molar-refractivity contribution in [3.8, 4) is 6.07 Å². The van der Waals surface area contributed by atoms with Gasteiger partial charge in [-0.05, 0) is 107 Å². The summed E-state index contributed by atoms with van der Waals surface area (Å²) in [6.45, 7) is 6.39. The summed E-state index contributed by atoms with van der Waals surface area (Å²) in [7, 11) is 0. The van der Waals surface area contributed by atoms with Gasteiger partial charge >= 0.3 is 0 Å². The molecule has 0 amide bonds. The van der Waals surface area contributed by atoms with Gasteiger partial charge in [-0.3, -0.25) is 9.88 Å². The Labute approximate surface area is 247 Å². The standard InChI is InChI=1S/C33H54N4O2S/c1-24-32(35)6-3-7-33(24)37(19-26-10-8-25(17-34)9-11-26)20-27-12-14-29(15-13-27)39-30-5-2-4-28(16-30)21-38-22-31-18-36-23-40-31/h18,23-30,32-33H,2-16,19-22,35H2,1H3. The number of nitrogens with two attached hydrogens (primary N) is 1. The van der Waals surface area contributed by atoms with Crippen LogP contribution in [0.25, 0.3) is 0 Å². The average molecular weight is 571 g/mol. The first-order chi connectivity index (χ1) is 19.6. The lowest BCUT2D eigenvalue weighted by atomic mass is 9.78. The number of nitrogens with zero attached hydrogens (tertiary/aromatic N) is 3. The van der Waals surface area contributed by atoms with E-state index in [9.17, 15) is 5.26 Å². The maximum atomic E-state index is 9.36. The topological polar surface area (TPSA) is 84.4 Å². The zero-order valence-corrected chi connectivity index (χ0v) is 25.7. The van der Waals surface area contributed by atoms with Gasteiger partial charge in [0.05, 0.1) is 35.3 Å². The molecule has 0 radical (unpaired) electrons. The van der Waals surface area contributed by atoms with Crippen LogP contribution in [0.5, 0.6) is 0 Å². The van der Waals surface area contributed by atoms with Gasteiger partial charge < -0.3 is 15.2 Å². The van der Waals surface area contributed by atoms with E-state index in [1.807, 2.05) is 11.7 Å². The van der Waals surface area contributed by atoms with Crippen LogP contribution in [0.4, 0.5) is 0 Å². The summed E-state index contributed by atoms with van der Waals surface area (Å²) in [6.07, 6.45) is 21.1. The zero-order chi connectivity index (χ0) is 27.7. The third kappa shape index (κ3) is 8.74. The van der Waals surface area contributed by atoms with Gasteiger partial charge in [-0.25, -0.2) is 0 Å². The van der Waals surface area contributed by atoms with E-state index < -0.39 is 0 Å². The van der Waals surface area contributed by atoms with Crippen molar-refractivity contribution in [2.24, 2.45) is 35.3 Å². The molecule has 224 valence electrons. The molecule has 5 atom stereocenters. The quantitative estimate of drug-likeness (QED) is 0.310. The van der Waals surface area contributed by atoms with E-state index in [1.54, 1.807) is 11.3 Å². The highest BCUT2D eigenvalue weighted by molar-refractivity contribution is 7.09. The molecule has 4 fully saturated rings. The second kappa shape index (κ2) is 15.4. The molecule has 0 bridgehead atoms. The van der Waals surface area contributed by atoms with Gasteiger partial charge in [0.25, 0.3) is 0 Å². The van der Waals surface area contributed by atoms with E-state index in [2.05, 4.69) is 22.9 Å². The Morgan fingerprint density at radius 3 is 2.35 bits per heavy atom. The fraction of sp³-hybridized carbons (Fsp3) is 0.879. The number of rotatable bonds is 11. The SMILES string of the molecule is CC1C(N)CCCC1N(CC1CCC(C#N)CC1)CC1CCC(OC2CCCC(COCc3cncs3)C2)CC1. The Hall–Kier alpha value is -1.04. The van der Waals surface area contributed by atoms with Crippen LogP contribution in [0.1, 0.15) is 108 Å². The number of aromatic nitrogens is 1. The van der Waals surface area contributed by atoms with Crippen LogP contribution in [0.2, 0.25) is 0 Å². The molecule has 0 spiro atoms. The van der Waals surface area contributed by atoms with Crippen molar-refractivity contribution >= 4 is 11.3 Å². The lowest BCUT2D eigenvalue weighted by molar-refractivity contribution is -0.0699. The van der Waals surface area contributed by atoms with Gasteiger partial charge in [0.15, 0.2) is 0 Å². The molecule has 1 heterocycles. The highest BCUT2D eigenvalue weighted by Crippen LogP contribution is 2.36. The summed E-state index contributed by atoms with van der Waals surface area (Å²) in [5.74, 6) is 3.02.